The zero-order chi connectivity index (χ0) is 13.5. The van der Waals surface area contributed by atoms with Crippen molar-refractivity contribution in [2.75, 3.05) is 20.8 Å². The molecule has 0 aromatic heterocycles. The van der Waals surface area contributed by atoms with Crippen molar-refractivity contribution in [3.63, 3.8) is 0 Å². The van der Waals surface area contributed by atoms with Gasteiger partial charge in [0.1, 0.15) is 11.5 Å². The summed E-state index contributed by atoms with van der Waals surface area (Å²) >= 11 is 5.95. The molecule has 1 aromatic carbocycles. The highest BCUT2D eigenvalue weighted by molar-refractivity contribution is 6.20. The summed E-state index contributed by atoms with van der Waals surface area (Å²) in [6.45, 7) is 2.41. The third kappa shape index (κ3) is 3.81. The number of ether oxygens (including phenoxy) is 2. The van der Waals surface area contributed by atoms with Gasteiger partial charge in [0.2, 0.25) is 0 Å². The van der Waals surface area contributed by atoms with Gasteiger partial charge in [0.05, 0.1) is 25.2 Å². The van der Waals surface area contributed by atoms with Crippen LogP contribution < -0.4 is 14.8 Å². The number of amides is 1. The molecule has 1 atom stereocenters. The predicted octanol–water partition coefficient (Wildman–Crippen LogP) is 2.45. The summed E-state index contributed by atoms with van der Waals surface area (Å²) in [5, 5.41) is 2.71. The Balaban J connectivity index is 2.78. The molecule has 0 fully saturated rings. The second kappa shape index (κ2) is 7.11. The summed E-state index contributed by atoms with van der Waals surface area (Å²) < 4.78 is 10.2. The highest BCUT2D eigenvalue weighted by Gasteiger charge is 2.13. The first-order chi connectivity index (χ1) is 8.62. The number of carbonyl (C=O) groups excluding carboxylic acids is 1. The van der Waals surface area contributed by atoms with Crippen molar-refractivity contribution in [1.29, 1.82) is 0 Å². The molecule has 0 aliphatic heterocycles. The van der Waals surface area contributed by atoms with Crippen LogP contribution in [-0.4, -0.2) is 32.0 Å². The zero-order valence-electron chi connectivity index (χ0n) is 10.8. The van der Waals surface area contributed by atoms with Crippen LogP contribution in [0.5, 0.6) is 11.5 Å². The molecule has 1 unspecified atom stereocenters. The maximum absolute atomic E-state index is 12.0. The second-order valence-electron chi connectivity index (χ2n) is 3.78. The largest absolute Gasteiger partial charge is 0.497 e. The summed E-state index contributed by atoms with van der Waals surface area (Å²) in [7, 11) is 3.08. The molecule has 100 valence electrons. The lowest BCUT2D eigenvalue weighted by atomic mass is 10.1. The fourth-order valence-electron chi connectivity index (χ4n) is 1.43. The van der Waals surface area contributed by atoms with Crippen molar-refractivity contribution in [3.05, 3.63) is 23.8 Å². The number of carbonyl (C=O) groups is 1. The average molecular weight is 272 g/mol. The minimum Gasteiger partial charge on any atom is -0.497 e. The molecule has 0 heterocycles. The number of halogens is 1. The summed E-state index contributed by atoms with van der Waals surface area (Å²) in [5.74, 6) is 0.926. The third-order valence-corrected chi connectivity index (χ3v) is 3.04. The molecule has 0 aliphatic carbocycles. The van der Waals surface area contributed by atoms with Crippen molar-refractivity contribution in [2.45, 2.75) is 18.7 Å². The smallest absolute Gasteiger partial charge is 0.255 e. The quantitative estimate of drug-likeness (QED) is 0.809. The van der Waals surface area contributed by atoms with Crippen molar-refractivity contribution < 1.29 is 14.3 Å². The zero-order valence-corrected chi connectivity index (χ0v) is 11.6. The molecule has 1 aromatic rings. The standard InChI is InChI=1S/C13H18ClNO3/c1-4-9(14)8-15-13(16)11-6-5-10(17-2)7-12(11)18-3/h5-7,9H,4,8H2,1-3H3,(H,15,16). The van der Waals surface area contributed by atoms with Crippen LogP contribution in [0.15, 0.2) is 18.2 Å². The Morgan fingerprint density at radius 3 is 2.67 bits per heavy atom. The number of rotatable bonds is 6. The average Bonchev–Trinajstić information content (AvgIpc) is 2.43. The molecule has 5 heteroatoms. The van der Waals surface area contributed by atoms with Crippen molar-refractivity contribution in [1.82, 2.24) is 5.32 Å². The van der Waals surface area contributed by atoms with Crippen LogP contribution in [0, 0.1) is 0 Å². The normalized spacial score (nSPS) is 11.8. The van der Waals surface area contributed by atoms with Crippen LogP contribution in [0.2, 0.25) is 0 Å². The van der Waals surface area contributed by atoms with Gasteiger partial charge in [-0.05, 0) is 18.6 Å². The van der Waals surface area contributed by atoms with E-state index < -0.39 is 0 Å². The Bertz CT molecular complexity index is 409. The van der Waals surface area contributed by atoms with E-state index in [1.54, 1.807) is 25.3 Å². The Hall–Kier alpha value is -1.42. The predicted molar refractivity (Wildman–Crippen MR) is 71.8 cm³/mol. The van der Waals surface area contributed by atoms with Crippen molar-refractivity contribution in [3.8, 4) is 11.5 Å². The molecular weight excluding hydrogens is 254 g/mol. The van der Waals surface area contributed by atoms with Crippen LogP contribution in [0.4, 0.5) is 0 Å². The number of alkyl halides is 1. The van der Waals surface area contributed by atoms with Gasteiger partial charge in [-0.2, -0.15) is 0 Å². The van der Waals surface area contributed by atoms with Gasteiger partial charge in [-0.15, -0.1) is 11.6 Å². The van der Waals surface area contributed by atoms with Crippen LogP contribution in [-0.2, 0) is 0 Å². The van der Waals surface area contributed by atoms with Crippen LogP contribution in [0.3, 0.4) is 0 Å². The van der Waals surface area contributed by atoms with E-state index in [1.807, 2.05) is 6.92 Å². The van der Waals surface area contributed by atoms with E-state index in [-0.39, 0.29) is 11.3 Å². The number of nitrogens with one attached hydrogen (secondary N) is 1. The van der Waals surface area contributed by atoms with Gasteiger partial charge < -0.3 is 14.8 Å². The summed E-state index contributed by atoms with van der Waals surface area (Å²) in [4.78, 5) is 12.0. The molecule has 0 saturated carbocycles. The van der Waals surface area contributed by atoms with Gasteiger partial charge in [-0.1, -0.05) is 6.92 Å². The Morgan fingerprint density at radius 2 is 2.11 bits per heavy atom. The summed E-state index contributed by atoms with van der Waals surface area (Å²) in [6.07, 6.45) is 0.807. The van der Waals surface area contributed by atoms with Crippen LogP contribution >= 0.6 is 11.6 Å². The molecule has 1 N–H and O–H groups in total. The fourth-order valence-corrected chi connectivity index (χ4v) is 1.51. The first-order valence-electron chi connectivity index (χ1n) is 5.76. The first-order valence-corrected chi connectivity index (χ1v) is 6.20. The molecule has 0 spiro atoms. The van der Waals surface area contributed by atoms with E-state index in [1.165, 1.54) is 7.11 Å². The number of methoxy groups -OCH3 is 2. The lowest BCUT2D eigenvalue weighted by Gasteiger charge is -2.12. The Morgan fingerprint density at radius 1 is 1.39 bits per heavy atom. The van der Waals surface area contributed by atoms with Gasteiger partial charge in [0.25, 0.3) is 5.91 Å². The highest BCUT2D eigenvalue weighted by Crippen LogP contribution is 2.24. The van der Waals surface area contributed by atoms with Gasteiger partial charge in [-0.25, -0.2) is 0 Å². The molecule has 4 nitrogen and oxygen atoms in total. The molecule has 0 saturated heterocycles. The van der Waals surface area contributed by atoms with Crippen LogP contribution in [0.1, 0.15) is 23.7 Å². The molecule has 0 bridgehead atoms. The lowest BCUT2D eigenvalue weighted by molar-refractivity contribution is 0.0950. The van der Waals surface area contributed by atoms with E-state index in [9.17, 15) is 4.79 Å². The van der Waals surface area contributed by atoms with Gasteiger partial charge in [-0.3, -0.25) is 4.79 Å². The molecule has 0 radical (unpaired) electrons. The SMILES string of the molecule is CCC(Cl)CNC(=O)c1ccc(OC)cc1OC. The molecule has 1 amide bonds. The Kier molecular flexibility index (Phi) is 5.78. The molecular formula is C13H18ClNO3. The monoisotopic (exact) mass is 271 g/mol. The summed E-state index contributed by atoms with van der Waals surface area (Å²) in [5.41, 5.74) is 0.471. The first kappa shape index (κ1) is 14.6. The van der Waals surface area contributed by atoms with E-state index in [2.05, 4.69) is 5.32 Å². The second-order valence-corrected chi connectivity index (χ2v) is 4.40. The van der Waals surface area contributed by atoms with Gasteiger partial charge >= 0.3 is 0 Å². The number of hydrogen-bond acceptors (Lipinski definition) is 3. The van der Waals surface area contributed by atoms with E-state index in [0.29, 0.717) is 23.6 Å². The topological polar surface area (TPSA) is 47.6 Å². The fraction of sp³-hybridized carbons (Fsp3) is 0.462. The lowest BCUT2D eigenvalue weighted by Crippen LogP contribution is -2.29. The molecule has 18 heavy (non-hydrogen) atoms. The number of hydrogen-bond donors (Lipinski definition) is 1. The Labute approximate surface area is 112 Å². The summed E-state index contributed by atoms with van der Waals surface area (Å²) in [6, 6.07) is 5.06. The maximum atomic E-state index is 12.0. The van der Waals surface area contributed by atoms with Gasteiger partial charge in [0, 0.05) is 12.6 Å². The minimum atomic E-state index is -0.200. The van der Waals surface area contributed by atoms with Crippen molar-refractivity contribution in [2.24, 2.45) is 0 Å². The maximum Gasteiger partial charge on any atom is 0.255 e. The van der Waals surface area contributed by atoms with Gasteiger partial charge in [0.15, 0.2) is 0 Å². The van der Waals surface area contributed by atoms with E-state index in [0.717, 1.165) is 6.42 Å². The number of benzene rings is 1. The molecule has 0 aliphatic rings. The van der Waals surface area contributed by atoms with E-state index >= 15 is 0 Å². The van der Waals surface area contributed by atoms with Crippen LogP contribution in [0.25, 0.3) is 0 Å². The highest BCUT2D eigenvalue weighted by atomic mass is 35.5. The van der Waals surface area contributed by atoms with Crippen molar-refractivity contribution >= 4 is 17.5 Å². The molecule has 1 rings (SSSR count). The van der Waals surface area contributed by atoms with E-state index in [4.69, 9.17) is 21.1 Å². The third-order valence-electron chi connectivity index (χ3n) is 2.58. The minimum absolute atomic E-state index is 0.0572.